The van der Waals surface area contributed by atoms with Crippen molar-refractivity contribution in [3.05, 3.63) is 47.1 Å². The average molecular weight is 629 g/mol. The molecule has 3 heterocycles. The fourth-order valence-electron chi connectivity index (χ4n) is 5.29. The van der Waals surface area contributed by atoms with E-state index in [1.54, 1.807) is 20.3 Å². The fourth-order valence-corrected chi connectivity index (χ4v) is 5.99. The van der Waals surface area contributed by atoms with Crippen molar-refractivity contribution in [3.63, 3.8) is 0 Å². The highest BCUT2D eigenvalue weighted by atomic mass is 35.5. The number of carbonyl (C=O) groups is 1. The van der Waals surface area contributed by atoms with Gasteiger partial charge in [-0.3, -0.25) is 9.69 Å². The van der Waals surface area contributed by atoms with Crippen molar-refractivity contribution in [2.24, 2.45) is 5.92 Å². The topological polar surface area (TPSA) is 104 Å². The predicted octanol–water partition coefficient (Wildman–Crippen LogP) is 4.77. The van der Waals surface area contributed by atoms with E-state index in [1.807, 2.05) is 18.3 Å². The second kappa shape index (κ2) is 13.5. The summed E-state index contributed by atoms with van der Waals surface area (Å²) in [6, 6.07) is 5.46. The van der Waals surface area contributed by atoms with Crippen LogP contribution in [0.3, 0.4) is 0 Å². The van der Waals surface area contributed by atoms with Crippen LogP contribution in [0.5, 0.6) is 11.5 Å². The van der Waals surface area contributed by atoms with Gasteiger partial charge in [-0.05, 0) is 51.1 Å². The normalized spacial score (nSPS) is 18.6. The zero-order valence-corrected chi connectivity index (χ0v) is 26.6. The third-order valence-electron chi connectivity index (χ3n) is 7.90. The number of anilines is 2. The average Bonchev–Trinajstić information content (AvgIpc) is 3.75. The van der Waals surface area contributed by atoms with E-state index >= 15 is 0 Å². The second-order valence-electron chi connectivity index (χ2n) is 11.4. The van der Waals surface area contributed by atoms with E-state index in [0.717, 1.165) is 43.5 Å². The molecule has 2 aliphatic rings. The molecule has 2 atom stereocenters. The van der Waals surface area contributed by atoms with Crippen LogP contribution in [0.25, 0.3) is 22.0 Å². The number of likely N-dealkylation sites (tertiary alicyclic amines) is 1. The molecule has 230 valence electrons. The highest BCUT2D eigenvalue weighted by Crippen LogP contribution is 2.46. The molecule has 43 heavy (non-hydrogen) atoms. The summed E-state index contributed by atoms with van der Waals surface area (Å²) in [5.74, 6) is 2.75. The van der Waals surface area contributed by atoms with Crippen molar-refractivity contribution in [1.29, 1.82) is 0 Å². The molecule has 2 aromatic heterocycles. The van der Waals surface area contributed by atoms with Crippen LogP contribution in [0, 0.1) is 5.92 Å². The molecular formula is C31H39Cl2N7O3. The van der Waals surface area contributed by atoms with Gasteiger partial charge < -0.3 is 30.3 Å². The van der Waals surface area contributed by atoms with E-state index in [0.29, 0.717) is 50.4 Å². The van der Waals surface area contributed by atoms with Crippen LogP contribution in [0.2, 0.25) is 10.0 Å². The lowest BCUT2D eigenvalue weighted by Crippen LogP contribution is -2.45. The number of carbonyl (C=O) groups excluding carboxylic acids is 1. The summed E-state index contributed by atoms with van der Waals surface area (Å²) in [6.45, 7) is 7.78. The summed E-state index contributed by atoms with van der Waals surface area (Å²) in [7, 11) is 7.21. The van der Waals surface area contributed by atoms with Crippen LogP contribution in [0.1, 0.15) is 12.8 Å². The largest absolute Gasteiger partial charge is 0.495 e. The molecule has 10 nitrogen and oxygen atoms in total. The predicted molar refractivity (Wildman–Crippen MR) is 174 cm³/mol. The van der Waals surface area contributed by atoms with E-state index in [-0.39, 0.29) is 18.0 Å². The Bertz CT molecular complexity index is 1470. The molecular weight excluding hydrogens is 589 g/mol. The van der Waals surface area contributed by atoms with E-state index in [2.05, 4.69) is 46.4 Å². The first kappa shape index (κ1) is 31.1. The summed E-state index contributed by atoms with van der Waals surface area (Å²) in [5.41, 5.74) is 1.11. The Kier molecular flexibility index (Phi) is 9.81. The minimum Gasteiger partial charge on any atom is -0.495 e. The van der Waals surface area contributed by atoms with Gasteiger partial charge in [-0.1, -0.05) is 29.8 Å². The molecule has 0 bridgehead atoms. The van der Waals surface area contributed by atoms with Crippen LogP contribution >= 0.6 is 23.2 Å². The molecule has 1 aromatic carbocycles. The monoisotopic (exact) mass is 627 g/mol. The summed E-state index contributed by atoms with van der Waals surface area (Å²) in [5, 5.41) is 12.7. The lowest BCUT2D eigenvalue weighted by atomic mass is 10.1. The first-order valence-electron chi connectivity index (χ1n) is 14.4. The third kappa shape index (κ3) is 7.26. The Balaban J connectivity index is 1.49. The van der Waals surface area contributed by atoms with Gasteiger partial charge in [-0.2, -0.15) is 0 Å². The van der Waals surface area contributed by atoms with E-state index in [9.17, 15) is 4.79 Å². The number of hydrogen-bond donors (Lipinski definition) is 3. The minimum atomic E-state index is -0.187. The molecule has 12 heteroatoms. The molecule has 0 spiro atoms. The molecule has 1 unspecified atom stereocenters. The van der Waals surface area contributed by atoms with Crippen LogP contribution in [-0.2, 0) is 4.79 Å². The number of nitrogens with one attached hydrogen (secondary N) is 3. The molecule has 1 aliphatic heterocycles. The SMILES string of the molecule is C=CC(=O)N[C@H]1CN(CCN(C)C)CC1Nc1cc2c(NCC3CC3)nc(-c3c(Cl)c(OC)cc(OC)c3Cl)cc2cn1. The first-order valence-corrected chi connectivity index (χ1v) is 15.2. The summed E-state index contributed by atoms with van der Waals surface area (Å²) in [4.78, 5) is 26.5. The molecule has 1 saturated carbocycles. The maximum atomic E-state index is 12.2. The Morgan fingerprint density at radius 1 is 1.12 bits per heavy atom. The molecule has 3 aromatic rings. The van der Waals surface area contributed by atoms with Gasteiger partial charge in [0.2, 0.25) is 5.91 Å². The summed E-state index contributed by atoms with van der Waals surface area (Å²) >= 11 is 13.5. The summed E-state index contributed by atoms with van der Waals surface area (Å²) in [6.07, 6.45) is 5.53. The van der Waals surface area contributed by atoms with Crippen LogP contribution in [-0.4, -0.2) is 98.8 Å². The van der Waals surface area contributed by atoms with Crippen molar-refractivity contribution in [2.45, 2.75) is 24.9 Å². The zero-order valence-electron chi connectivity index (χ0n) is 25.0. The number of hydrogen-bond acceptors (Lipinski definition) is 9. The van der Waals surface area contributed by atoms with Gasteiger partial charge in [0.05, 0.1) is 42.0 Å². The Morgan fingerprint density at radius 2 is 1.81 bits per heavy atom. The van der Waals surface area contributed by atoms with Gasteiger partial charge in [0.25, 0.3) is 0 Å². The van der Waals surface area contributed by atoms with Crippen molar-refractivity contribution < 1.29 is 14.3 Å². The van der Waals surface area contributed by atoms with Gasteiger partial charge >= 0.3 is 0 Å². The van der Waals surface area contributed by atoms with Crippen molar-refractivity contribution in [3.8, 4) is 22.8 Å². The van der Waals surface area contributed by atoms with Crippen LogP contribution in [0.15, 0.2) is 37.1 Å². The molecule has 1 aliphatic carbocycles. The van der Waals surface area contributed by atoms with Crippen molar-refractivity contribution in [1.82, 2.24) is 25.1 Å². The van der Waals surface area contributed by atoms with Crippen LogP contribution < -0.4 is 25.4 Å². The Morgan fingerprint density at radius 3 is 2.44 bits per heavy atom. The number of benzene rings is 1. The number of fused-ring (bicyclic) bond motifs is 1. The highest BCUT2D eigenvalue weighted by molar-refractivity contribution is 6.41. The number of aromatic nitrogens is 2. The smallest absolute Gasteiger partial charge is 0.243 e. The molecule has 1 saturated heterocycles. The number of amides is 1. The standard InChI is InChI=1S/C31H39Cl2N7O3/c1-6-27(41)37-23-17-40(10-9-39(2)3)16-22(23)36-26-12-20-19(15-34-26)11-21(38-31(20)35-14-18-7-8-18)28-29(32)24(42-4)13-25(43-5)30(28)33/h6,11-13,15,18,22-23H,1,7-10,14,16-17H2,2-5H3,(H,34,36)(H,35,38)(H,37,41)/t22?,23-/m0/s1. The van der Waals surface area contributed by atoms with E-state index < -0.39 is 0 Å². The third-order valence-corrected chi connectivity index (χ3v) is 8.66. The first-order chi connectivity index (χ1) is 20.7. The van der Waals surface area contributed by atoms with E-state index in [1.165, 1.54) is 18.9 Å². The van der Waals surface area contributed by atoms with Gasteiger partial charge in [0, 0.05) is 61.3 Å². The molecule has 2 fully saturated rings. The van der Waals surface area contributed by atoms with Crippen LogP contribution in [0.4, 0.5) is 11.6 Å². The molecule has 1 amide bonds. The number of ether oxygens (including phenoxy) is 2. The Hall–Kier alpha value is -3.31. The molecule has 0 radical (unpaired) electrons. The zero-order chi connectivity index (χ0) is 30.7. The highest BCUT2D eigenvalue weighted by Gasteiger charge is 2.34. The van der Waals surface area contributed by atoms with Gasteiger partial charge in [-0.15, -0.1) is 0 Å². The van der Waals surface area contributed by atoms with Gasteiger partial charge in [-0.25, -0.2) is 9.97 Å². The number of likely N-dealkylation sites (N-methyl/N-ethyl adjacent to an activating group) is 1. The quantitative estimate of drug-likeness (QED) is 0.231. The maximum absolute atomic E-state index is 12.2. The lowest BCUT2D eigenvalue weighted by Gasteiger charge is -2.21. The summed E-state index contributed by atoms with van der Waals surface area (Å²) < 4.78 is 11.0. The number of rotatable bonds is 13. The number of methoxy groups -OCH3 is 2. The van der Waals surface area contributed by atoms with E-state index in [4.69, 9.17) is 42.6 Å². The number of pyridine rings is 2. The van der Waals surface area contributed by atoms with Gasteiger partial charge in [0.1, 0.15) is 23.1 Å². The Labute approximate surface area is 262 Å². The number of nitrogens with zero attached hydrogens (tertiary/aromatic N) is 4. The molecule has 5 rings (SSSR count). The fraction of sp³-hybridized carbons (Fsp3) is 0.452. The van der Waals surface area contributed by atoms with Gasteiger partial charge in [0.15, 0.2) is 0 Å². The maximum Gasteiger partial charge on any atom is 0.243 e. The lowest BCUT2D eigenvalue weighted by molar-refractivity contribution is -0.117. The van der Waals surface area contributed by atoms with Crippen molar-refractivity contribution >= 4 is 51.5 Å². The number of halogens is 2. The van der Waals surface area contributed by atoms with Crippen molar-refractivity contribution in [2.75, 3.05) is 71.7 Å². The minimum absolute atomic E-state index is 0.0343. The molecule has 3 N–H and O–H groups in total. The second-order valence-corrected chi connectivity index (χ2v) is 12.1.